The number of carbonyl (C=O) groups is 1. The smallest absolute Gasteiger partial charge is 0.273 e. The lowest BCUT2D eigenvalue weighted by atomic mass is 9.99. The minimum atomic E-state index is -0.222. The van der Waals surface area contributed by atoms with E-state index in [4.69, 9.17) is 0 Å². The second-order valence-corrected chi connectivity index (χ2v) is 10.4. The number of pyridine rings is 1. The van der Waals surface area contributed by atoms with E-state index in [0.717, 1.165) is 29.8 Å². The van der Waals surface area contributed by atoms with Gasteiger partial charge < -0.3 is 15.5 Å². The number of aromatic nitrogens is 4. The Morgan fingerprint density at radius 2 is 2.03 bits per heavy atom. The predicted molar refractivity (Wildman–Crippen MR) is 140 cm³/mol. The third kappa shape index (κ3) is 5.88. The summed E-state index contributed by atoms with van der Waals surface area (Å²) in [6, 6.07) is 9.02. The second kappa shape index (κ2) is 10.6. The van der Waals surface area contributed by atoms with Gasteiger partial charge in [-0.25, -0.2) is 4.68 Å². The maximum atomic E-state index is 12.6. The number of rotatable bonds is 6. The average molecular weight is 476 g/mol. The lowest BCUT2D eigenvalue weighted by molar-refractivity contribution is 0.0945. The van der Waals surface area contributed by atoms with E-state index in [1.807, 2.05) is 40.2 Å². The fourth-order valence-corrected chi connectivity index (χ4v) is 4.50. The van der Waals surface area contributed by atoms with Gasteiger partial charge in [0.1, 0.15) is 0 Å². The number of nitrogens with zero attached hydrogens (tertiary/aromatic N) is 5. The van der Waals surface area contributed by atoms with Gasteiger partial charge in [-0.3, -0.25) is 9.78 Å². The van der Waals surface area contributed by atoms with Crippen molar-refractivity contribution >= 4 is 11.6 Å². The number of carbonyl (C=O) groups excluding carboxylic acids is 1. The monoisotopic (exact) mass is 475 g/mol. The molecule has 0 saturated carbocycles. The minimum absolute atomic E-state index is 0.217. The number of aryl methyl sites for hydroxylation is 1. The van der Waals surface area contributed by atoms with Crippen LogP contribution in [-0.4, -0.2) is 52.1 Å². The fraction of sp³-hybridized carbons (Fsp3) is 0.481. The van der Waals surface area contributed by atoms with Crippen LogP contribution in [0.1, 0.15) is 61.6 Å². The Kier molecular flexibility index (Phi) is 7.50. The Bertz CT molecular complexity index is 1160. The van der Waals surface area contributed by atoms with Crippen LogP contribution in [0.4, 0.5) is 5.69 Å². The zero-order valence-corrected chi connectivity index (χ0v) is 21.5. The second-order valence-electron chi connectivity index (χ2n) is 10.4. The van der Waals surface area contributed by atoms with Gasteiger partial charge in [-0.15, -0.1) is 5.10 Å². The topological polar surface area (TPSA) is 88.0 Å². The molecular weight excluding hydrogens is 438 g/mol. The van der Waals surface area contributed by atoms with Crippen LogP contribution >= 0.6 is 0 Å². The molecule has 2 aromatic heterocycles. The molecule has 0 bridgehead atoms. The fourth-order valence-electron chi connectivity index (χ4n) is 4.50. The van der Waals surface area contributed by atoms with Gasteiger partial charge in [0.05, 0.1) is 23.6 Å². The van der Waals surface area contributed by atoms with Crippen LogP contribution in [-0.2, 0) is 12.1 Å². The van der Waals surface area contributed by atoms with Gasteiger partial charge in [-0.2, -0.15) is 0 Å². The first kappa shape index (κ1) is 24.9. The molecule has 1 aromatic carbocycles. The van der Waals surface area contributed by atoms with E-state index in [1.165, 1.54) is 30.5 Å². The van der Waals surface area contributed by atoms with Crippen LogP contribution in [0.5, 0.6) is 0 Å². The maximum absolute atomic E-state index is 12.6. The molecule has 0 unspecified atom stereocenters. The van der Waals surface area contributed by atoms with Crippen molar-refractivity contribution in [2.45, 2.75) is 65.1 Å². The van der Waals surface area contributed by atoms with Crippen LogP contribution in [0.3, 0.4) is 0 Å². The Morgan fingerprint density at radius 1 is 1.20 bits per heavy atom. The summed E-state index contributed by atoms with van der Waals surface area (Å²) in [4.78, 5) is 19.5. The molecule has 1 aliphatic heterocycles. The molecule has 4 rings (SSSR count). The normalized spacial score (nSPS) is 16.7. The van der Waals surface area contributed by atoms with Crippen molar-refractivity contribution in [2.75, 3.05) is 25.0 Å². The van der Waals surface area contributed by atoms with Gasteiger partial charge in [0.2, 0.25) is 0 Å². The molecule has 2 N–H and O–H groups in total. The van der Waals surface area contributed by atoms with E-state index in [1.54, 1.807) is 10.9 Å². The Hall–Kier alpha value is -3.26. The van der Waals surface area contributed by atoms with Crippen molar-refractivity contribution in [3.63, 3.8) is 0 Å². The molecule has 0 spiro atoms. The van der Waals surface area contributed by atoms with Gasteiger partial charge in [-0.1, -0.05) is 29.8 Å². The van der Waals surface area contributed by atoms with Crippen LogP contribution in [0, 0.1) is 6.92 Å². The molecule has 1 fully saturated rings. The summed E-state index contributed by atoms with van der Waals surface area (Å²) in [5, 5.41) is 14.5. The Morgan fingerprint density at radius 3 is 2.74 bits per heavy atom. The number of nitrogens with one attached hydrogen (secondary N) is 2. The highest BCUT2D eigenvalue weighted by Crippen LogP contribution is 2.32. The van der Waals surface area contributed by atoms with E-state index in [9.17, 15) is 4.79 Å². The molecule has 186 valence electrons. The van der Waals surface area contributed by atoms with Crippen LogP contribution in [0.25, 0.3) is 11.1 Å². The maximum Gasteiger partial charge on any atom is 0.273 e. The third-order valence-electron chi connectivity index (χ3n) is 6.73. The molecule has 0 aliphatic carbocycles. The van der Waals surface area contributed by atoms with Crippen molar-refractivity contribution in [2.24, 2.45) is 0 Å². The highest BCUT2D eigenvalue weighted by molar-refractivity contribution is 5.91. The molecule has 1 saturated heterocycles. The highest BCUT2D eigenvalue weighted by atomic mass is 16.2. The summed E-state index contributed by atoms with van der Waals surface area (Å²) < 4.78 is 1.71. The SMILES string of the molecule is CN[C@@H]1CCCCN(c2cnccc2-c2ccc(CNC(=O)c3cn(C(C)(C)C)nn3)c(C)c2)C1. The van der Waals surface area contributed by atoms with Crippen molar-refractivity contribution in [3.05, 3.63) is 59.7 Å². The number of likely N-dealkylation sites (N-methyl/N-ethyl adjacent to an activating group) is 1. The molecule has 8 heteroatoms. The molecule has 1 aliphatic rings. The molecule has 35 heavy (non-hydrogen) atoms. The van der Waals surface area contributed by atoms with Gasteiger partial charge in [0.15, 0.2) is 5.69 Å². The van der Waals surface area contributed by atoms with Gasteiger partial charge >= 0.3 is 0 Å². The molecule has 3 heterocycles. The molecule has 3 aromatic rings. The summed E-state index contributed by atoms with van der Waals surface area (Å²) in [6.45, 7) is 10.6. The molecule has 1 atom stereocenters. The molecule has 8 nitrogen and oxygen atoms in total. The van der Waals surface area contributed by atoms with Crippen molar-refractivity contribution in [3.8, 4) is 11.1 Å². The van der Waals surface area contributed by atoms with E-state index >= 15 is 0 Å². The summed E-state index contributed by atoms with van der Waals surface area (Å²) in [6.07, 6.45) is 9.17. The van der Waals surface area contributed by atoms with E-state index in [0.29, 0.717) is 18.3 Å². The van der Waals surface area contributed by atoms with Gasteiger partial charge in [-0.05, 0) is 70.3 Å². The number of amides is 1. The zero-order valence-electron chi connectivity index (χ0n) is 21.5. The lowest BCUT2D eigenvalue weighted by Gasteiger charge is -2.28. The summed E-state index contributed by atoms with van der Waals surface area (Å²) >= 11 is 0. The van der Waals surface area contributed by atoms with Gasteiger partial charge in [0.25, 0.3) is 5.91 Å². The van der Waals surface area contributed by atoms with E-state index in [-0.39, 0.29) is 11.4 Å². The summed E-state index contributed by atoms with van der Waals surface area (Å²) in [7, 11) is 2.05. The first-order valence-electron chi connectivity index (χ1n) is 12.4. The highest BCUT2D eigenvalue weighted by Gasteiger charge is 2.21. The predicted octanol–water partition coefficient (Wildman–Crippen LogP) is 3.91. The first-order chi connectivity index (χ1) is 16.8. The van der Waals surface area contributed by atoms with Crippen LogP contribution < -0.4 is 15.5 Å². The number of hydrogen-bond acceptors (Lipinski definition) is 6. The van der Waals surface area contributed by atoms with E-state index < -0.39 is 0 Å². The molecule has 0 radical (unpaired) electrons. The number of hydrogen-bond donors (Lipinski definition) is 2. The number of benzene rings is 1. The largest absolute Gasteiger partial charge is 0.368 e. The zero-order chi connectivity index (χ0) is 25.0. The standard InChI is InChI=1S/C27H37N7O/c1-19-14-20(23-11-12-29-16-25(23)33-13-7-6-8-22(17-33)28-5)9-10-21(19)15-30-26(35)24-18-34(32-31-24)27(2,3)4/h9-12,14,16,18,22,28H,6-8,13,15,17H2,1-5H3,(H,30,35)/t22-/m1/s1. The van der Waals surface area contributed by atoms with Crippen LogP contribution in [0.15, 0.2) is 42.9 Å². The molecular formula is C27H37N7O. The quantitative estimate of drug-likeness (QED) is 0.562. The first-order valence-corrected chi connectivity index (χ1v) is 12.4. The Balaban J connectivity index is 1.49. The minimum Gasteiger partial charge on any atom is -0.368 e. The Labute approximate surface area is 208 Å². The van der Waals surface area contributed by atoms with Crippen molar-refractivity contribution in [1.82, 2.24) is 30.6 Å². The van der Waals surface area contributed by atoms with Crippen molar-refractivity contribution in [1.29, 1.82) is 0 Å². The van der Waals surface area contributed by atoms with Crippen molar-refractivity contribution < 1.29 is 4.79 Å². The lowest BCUT2D eigenvalue weighted by Crippen LogP contribution is -2.38. The third-order valence-corrected chi connectivity index (χ3v) is 6.73. The van der Waals surface area contributed by atoms with E-state index in [2.05, 4.69) is 62.0 Å². The average Bonchev–Trinajstić information content (AvgIpc) is 3.23. The number of anilines is 1. The van der Waals surface area contributed by atoms with Gasteiger partial charge in [0, 0.05) is 37.4 Å². The molecule has 1 amide bonds. The summed E-state index contributed by atoms with van der Waals surface area (Å²) in [5.41, 5.74) is 5.84. The summed E-state index contributed by atoms with van der Waals surface area (Å²) in [5.74, 6) is -0.222. The van der Waals surface area contributed by atoms with Crippen LogP contribution in [0.2, 0.25) is 0 Å².